The smallest absolute Gasteiger partial charge is 0.0149 e. The van der Waals surface area contributed by atoms with Gasteiger partial charge in [0.1, 0.15) is 0 Å². The summed E-state index contributed by atoms with van der Waals surface area (Å²) in [7, 11) is 2.23. The Morgan fingerprint density at radius 1 is 1.11 bits per heavy atom. The molecule has 3 unspecified atom stereocenters. The molecule has 1 N–H and O–H groups in total. The number of rotatable bonds is 5. The van der Waals surface area contributed by atoms with Gasteiger partial charge in [0.15, 0.2) is 0 Å². The minimum absolute atomic E-state index is 0.616. The summed E-state index contributed by atoms with van der Waals surface area (Å²) in [6.07, 6.45) is 13.2. The van der Waals surface area contributed by atoms with Gasteiger partial charge < -0.3 is 5.32 Å². The Balaban J connectivity index is 2.12. The van der Waals surface area contributed by atoms with Gasteiger partial charge in [-0.3, -0.25) is 0 Å². The molecule has 2 saturated carbocycles. The third-order valence-electron chi connectivity index (χ3n) is 5.83. The fourth-order valence-corrected chi connectivity index (χ4v) is 5.36. The van der Waals surface area contributed by atoms with Gasteiger partial charge in [-0.05, 0) is 62.3 Å². The Bertz CT molecular complexity index is 265. The van der Waals surface area contributed by atoms with Crippen molar-refractivity contribution in [1.82, 2.24) is 5.32 Å². The molecule has 0 aromatic heterocycles. The monoisotopic (exact) mass is 265 g/mol. The van der Waals surface area contributed by atoms with Crippen molar-refractivity contribution < 1.29 is 0 Å². The van der Waals surface area contributed by atoms with E-state index in [0.717, 1.165) is 23.8 Å². The lowest BCUT2D eigenvalue weighted by Gasteiger charge is -2.45. The van der Waals surface area contributed by atoms with Crippen LogP contribution in [0.1, 0.15) is 78.6 Å². The van der Waals surface area contributed by atoms with Crippen LogP contribution in [0.4, 0.5) is 0 Å². The standard InChI is InChI=1S/C18H35N/c1-14(2)13-18(10-5-6-11-18)17(19-4)16-9-7-8-15(3)12-16/h14-17,19H,5-13H2,1-4H3. The number of hydrogen-bond donors (Lipinski definition) is 1. The molecule has 0 aromatic carbocycles. The first-order chi connectivity index (χ1) is 9.07. The maximum atomic E-state index is 3.78. The van der Waals surface area contributed by atoms with Crippen LogP contribution in [0.5, 0.6) is 0 Å². The molecule has 112 valence electrons. The first-order valence-corrected chi connectivity index (χ1v) is 8.74. The van der Waals surface area contributed by atoms with Crippen LogP contribution in [0.2, 0.25) is 0 Å². The van der Waals surface area contributed by atoms with E-state index in [0.29, 0.717) is 5.41 Å². The van der Waals surface area contributed by atoms with Crippen molar-refractivity contribution in [1.29, 1.82) is 0 Å². The maximum absolute atomic E-state index is 3.78. The Labute approximate surface area is 120 Å². The van der Waals surface area contributed by atoms with Crippen LogP contribution < -0.4 is 5.32 Å². The molecule has 0 aliphatic heterocycles. The first kappa shape index (κ1) is 15.4. The molecular weight excluding hydrogens is 230 g/mol. The van der Waals surface area contributed by atoms with E-state index in [-0.39, 0.29) is 0 Å². The van der Waals surface area contributed by atoms with Gasteiger partial charge in [0.05, 0.1) is 0 Å². The minimum atomic E-state index is 0.616. The Hall–Kier alpha value is -0.0400. The zero-order chi connectivity index (χ0) is 13.9. The highest BCUT2D eigenvalue weighted by atomic mass is 14.9. The third-order valence-corrected chi connectivity index (χ3v) is 5.83. The maximum Gasteiger partial charge on any atom is 0.0149 e. The average Bonchev–Trinajstić information content (AvgIpc) is 2.78. The van der Waals surface area contributed by atoms with E-state index in [9.17, 15) is 0 Å². The predicted octanol–water partition coefficient (Wildman–Crippen LogP) is 5.01. The molecule has 0 heterocycles. The Morgan fingerprint density at radius 3 is 2.32 bits per heavy atom. The molecular formula is C18H35N. The van der Waals surface area contributed by atoms with Crippen molar-refractivity contribution in [3.8, 4) is 0 Å². The lowest BCUT2D eigenvalue weighted by molar-refractivity contribution is 0.0856. The molecule has 0 saturated heterocycles. The second-order valence-corrected chi connectivity index (χ2v) is 7.97. The average molecular weight is 265 g/mol. The summed E-state index contributed by atoms with van der Waals surface area (Å²) in [5.41, 5.74) is 0.616. The van der Waals surface area contributed by atoms with Crippen molar-refractivity contribution in [3.05, 3.63) is 0 Å². The SMILES string of the molecule is CNC(C1CCCC(C)C1)C1(CC(C)C)CCCC1. The molecule has 1 nitrogen and oxygen atoms in total. The summed E-state index contributed by atoms with van der Waals surface area (Å²) < 4.78 is 0. The Morgan fingerprint density at radius 2 is 1.79 bits per heavy atom. The van der Waals surface area contributed by atoms with Gasteiger partial charge in [-0.25, -0.2) is 0 Å². The van der Waals surface area contributed by atoms with E-state index in [2.05, 4.69) is 33.1 Å². The number of nitrogens with one attached hydrogen (secondary N) is 1. The fraction of sp³-hybridized carbons (Fsp3) is 1.00. The van der Waals surface area contributed by atoms with E-state index in [1.807, 2.05) is 0 Å². The molecule has 0 spiro atoms. The molecule has 3 atom stereocenters. The van der Waals surface area contributed by atoms with E-state index < -0.39 is 0 Å². The van der Waals surface area contributed by atoms with Crippen LogP contribution in [0.25, 0.3) is 0 Å². The predicted molar refractivity (Wildman–Crippen MR) is 84.3 cm³/mol. The molecule has 0 bridgehead atoms. The summed E-state index contributed by atoms with van der Waals surface area (Å²) in [6, 6.07) is 0.778. The van der Waals surface area contributed by atoms with Crippen LogP contribution in [0.3, 0.4) is 0 Å². The molecule has 2 aliphatic rings. The van der Waals surface area contributed by atoms with Gasteiger partial charge in [0.25, 0.3) is 0 Å². The van der Waals surface area contributed by atoms with Gasteiger partial charge in [0, 0.05) is 6.04 Å². The summed E-state index contributed by atoms with van der Waals surface area (Å²) in [4.78, 5) is 0. The third kappa shape index (κ3) is 3.54. The zero-order valence-electron chi connectivity index (χ0n) is 13.7. The molecule has 2 fully saturated rings. The highest BCUT2D eigenvalue weighted by molar-refractivity contribution is 4.98. The topological polar surface area (TPSA) is 12.0 Å². The van der Waals surface area contributed by atoms with Gasteiger partial charge in [-0.15, -0.1) is 0 Å². The van der Waals surface area contributed by atoms with Crippen LogP contribution in [0, 0.1) is 23.2 Å². The van der Waals surface area contributed by atoms with Crippen molar-refractivity contribution in [2.45, 2.75) is 84.6 Å². The fourth-order valence-electron chi connectivity index (χ4n) is 5.36. The van der Waals surface area contributed by atoms with Crippen molar-refractivity contribution in [2.24, 2.45) is 23.2 Å². The highest BCUT2D eigenvalue weighted by Crippen LogP contribution is 2.50. The first-order valence-electron chi connectivity index (χ1n) is 8.74. The van der Waals surface area contributed by atoms with Crippen LogP contribution in [-0.4, -0.2) is 13.1 Å². The van der Waals surface area contributed by atoms with Crippen molar-refractivity contribution >= 4 is 0 Å². The van der Waals surface area contributed by atoms with Gasteiger partial charge in [-0.2, -0.15) is 0 Å². The molecule has 0 amide bonds. The van der Waals surface area contributed by atoms with Crippen LogP contribution in [0.15, 0.2) is 0 Å². The molecule has 0 radical (unpaired) electrons. The molecule has 1 heteroatoms. The highest BCUT2D eigenvalue weighted by Gasteiger charge is 2.44. The molecule has 0 aromatic rings. The quantitative estimate of drug-likeness (QED) is 0.737. The molecule has 2 rings (SSSR count). The van der Waals surface area contributed by atoms with E-state index >= 15 is 0 Å². The van der Waals surface area contributed by atoms with E-state index in [4.69, 9.17) is 0 Å². The van der Waals surface area contributed by atoms with Crippen molar-refractivity contribution in [2.75, 3.05) is 7.05 Å². The van der Waals surface area contributed by atoms with Crippen molar-refractivity contribution in [3.63, 3.8) is 0 Å². The summed E-state index contributed by atoms with van der Waals surface area (Å²) in [5.74, 6) is 2.73. The molecule has 19 heavy (non-hydrogen) atoms. The van der Waals surface area contributed by atoms with Gasteiger partial charge in [0.2, 0.25) is 0 Å². The zero-order valence-corrected chi connectivity index (χ0v) is 13.7. The summed E-state index contributed by atoms with van der Waals surface area (Å²) in [5, 5.41) is 3.78. The van der Waals surface area contributed by atoms with E-state index in [1.165, 1.54) is 57.8 Å². The van der Waals surface area contributed by atoms with Crippen LogP contribution >= 0.6 is 0 Å². The number of hydrogen-bond acceptors (Lipinski definition) is 1. The second-order valence-electron chi connectivity index (χ2n) is 7.97. The van der Waals surface area contributed by atoms with Gasteiger partial charge in [-0.1, -0.05) is 46.5 Å². The van der Waals surface area contributed by atoms with E-state index in [1.54, 1.807) is 0 Å². The largest absolute Gasteiger partial charge is 0.316 e. The normalized spacial score (nSPS) is 32.7. The van der Waals surface area contributed by atoms with Crippen LogP contribution in [-0.2, 0) is 0 Å². The summed E-state index contributed by atoms with van der Waals surface area (Å²) >= 11 is 0. The second kappa shape index (κ2) is 6.61. The lowest BCUT2D eigenvalue weighted by Crippen LogP contribution is -2.49. The Kier molecular flexibility index (Phi) is 5.34. The van der Waals surface area contributed by atoms with Gasteiger partial charge >= 0.3 is 0 Å². The lowest BCUT2D eigenvalue weighted by atomic mass is 9.64. The minimum Gasteiger partial charge on any atom is -0.316 e. The summed E-state index contributed by atoms with van der Waals surface area (Å²) in [6.45, 7) is 7.29. The molecule has 2 aliphatic carbocycles.